The molecule has 0 spiro atoms. The topological polar surface area (TPSA) is 118 Å². The number of nitrogens with zero attached hydrogens (tertiary/aromatic N) is 2. The number of rotatable bonds is 6. The van der Waals surface area contributed by atoms with Gasteiger partial charge in [-0.05, 0) is 31.0 Å². The fraction of sp³-hybridized carbons (Fsp3) is 0.143. The summed E-state index contributed by atoms with van der Waals surface area (Å²) in [6.07, 6.45) is -0.731. The van der Waals surface area contributed by atoms with Crippen LogP contribution in [0.1, 0.15) is 12.8 Å². The minimum atomic E-state index is -1.54. The van der Waals surface area contributed by atoms with Gasteiger partial charge in [0.2, 0.25) is 0 Å². The van der Waals surface area contributed by atoms with Crippen molar-refractivity contribution in [2.45, 2.75) is 12.8 Å². The number of pyridine rings is 1. The molecule has 0 aliphatic heterocycles. The molecule has 108 valence electrons. The first-order valence-corrected chi connectivity index (χ1v) is 6.16. The Kier molecular flexibility index (Phi) is 12.0. The molecule has 23 heavy (non-hydrogen) atoms. The van der Waals surface area contributed by atoms with E-state index in [0.717, 1.165) is 10.9 Å². The summed E-state index contributed by atoms with van der Waals surface area (Å²) in [5.74, 6) is -2.54. The van der Waals surface area contributed by atoms with E-state index in [0.29, 0.717) is 5.82 Å². The van der Waals surface area contributed by atoms with Crippen LogP contribution in [0.4, 0.5) is 5.82 Å². The van der Waals surface area contributed by atoms with E-state index in [1.54, 1.807) is 18.2 Å². The number of carbonyl (C=O) groups is 2. The molecule has 0 unspecified atom stereocenters. The van der Waals surface area contributed by atoms with Crippen LogP contribution in [-0.4, -0.2) is 22.6 Å². The molecule has 0 radical (unpaired) electrons. The SMILES string of the molecule is O=C([O-])CCC(=NNc1ccc2ccccc2n1)C(=O)[O-].[K+].[K+]. The van der Waals surface area contributed by atoms with Crippen LogP contribution in [0.2, 0.25) is 0 Å². The summed E-state index contributed by atoms with van der Waals surface area (Å²) >= 11 is 0. The summed E-state index contributed by atoms with van der Waals surface area (Å²) in [6.45, 7) is 0. The molecule has 0 bridgehead atoms. The van der Waals surface area contributed by atoms with Gasteiger partial charge in [-0.1, -0.05) is 18.2 Å². The Balaban J connectivity index is 0.00000242. The second kappa shape index (κ2) is 11.8. The molecule has 0 saturated heterocycles. The van der Waals surface area contributed by atoms with Gasteiger partial charge in [-0.3, -0.25) is 5.43 Å². The van der Waals surface area contributed by atoms with Crippen molar-refractivity contribution in [3.8, 4) is 0 Å². The molecule has 1 heterocycles. The van der Waals surface area contributed by atoms with Crippen LogP contribution in [-0.2, 0) is 9.59 Å². The Morgan fingerprint density at radius 2 is 1.74 bits per heavy atom. The Morgan fingerprint density at radius 1 is 1.04 bits per heavy atom. The van der Waals surface area contributed by atoms with Crippen molar-refractivity contribution in [3.05, 3.63) is 36.4 Å². The number of hydrogen-bond donors (Lipinski definition) is 1. The van der Waals surface area contributed by atoms with Crippen LogP contribution in [0.5, 0.6) is 0 Å². The van der Waals surface area contributed by atoms with E-state index in [1.807, 2.05) is 18.2 Å². The molecule has 1 aromatic carbocycles. The van der Waals surface area contributed by atoms with Crippen molar-refractivity contribution >= 4 is 34.4 Å². The summed E-state index contributed by atoms with van der Waals surface area (Å²) in [5.41, 5.74) is 2.80. The average molecular weight is 363 g/mol. The van der Waals surface area contributed by atoms with Crippen molar-refractivity contribution in [1.29, 1.82) is 0 Å². The monoisotopic (exact) mass is 363 g/mol. The molecule has 0 aliphatic carbocycles. The van der Waals surface area contributed by atoms with Crippen molar-refractivity contribution in [3.63, 3.8) is 0 Å². The van der Waals surface area contributed by atoms with E-state index in [2.05, 4.69) is 15.5 Å². The van der Waals surface area contributed by atoms with E-state index < -0.39 is 24.1 Å². The Bertz CT molecular complexity index is 722. The van der Waals surface area contributed by atoms with Gasteiger partial charge in [0.25, 0.3) is 0 Å². The maximum absolute atomic E-state index is 10.8. The number of para-hydroxylation sites is 1. The number of carboxylic acid groups (broad SMARTS) is 2. The van der Waals surface area contributed by atoms with Gasteiger partial charge in [-0.2, -0.15) is 5.10 Å². The van der Waals surface area contributed by atoms with E-state index in [4.69, 9.17) is 0 Å². The van der Waals surface area contributed by atoms with Crippen molar-refractivity contribution < 1.29 is 123 Å². The zero-order valence-electron chi connectivity index (χ0n) is 12.9. The van der Waals surface area contributed by atoms with Crippen LogP contribution in [0.25, 0.3) is 10.9 Å². The molecule has 0 amide bonds. The van der Waals surface area contributed by atoms with Gasteiger partial charge in [-0.25, -0.2) is 4.98 Å². The molecule has 9 heteroatoms. The predicted molar refractivity (Wildman–Crippen MR) is 72.0 cm³/mol. The standard InChI is InChI=1S/C14H13N3O4.2K/c18-13(19)8-6-11(14(20)21)16-17-12-7-5-9-3-1-2-4-10(9)15-12;;/h1-5,7H,6,8H2,(H,15,17)(H,18,19)(H,20,21);;/q;2*+1/p-2. The quantitative estimate of drug-likeness (QED) is 0.310. The third-order valence-corrected chi connectivity index (χ3v) is 2.71. The number of aliphatic carboxylic acids is 2. The second-order valence-electron chi connectivity index (χ2n) is 4.22. The van der Waals surface area contributed by atoms with Crippen LogP contribution in [0.3, 0.4) is 0 Å². The number of benzene rings is 1. The maximum Gasteiger partial charge on any atom is 1.00 e. The van der Waals surface area contributed by atoms with Gasteiger partial charge >= 0.3 is 103 Å². The van der Waals surface area contributed by atoms with E-state index in [-0.39, 0.29) is 109 Å². The van der Waals surface area contributed by atoms with Gasteiger partial charge in [0.05, 0.1) is 17.2 Å². The number of carboxylic acids is 2. The fourth-order valence-electron chi connectivity index (χ4n) is 1.68. The van der Waals surface area contributed by atoms with Crippen molar-refractivity contribution in [2.75, 3.05) is 5.43 Å². The molecule has 1 aromatic heterocycles. The average Bonchev–Trinajstić information content (AvgIpc) is 2.46. The molecule has 0 saturated carbocycles. The summed E-state index contributed by atoms with van der Waals surface area (Å²) in [4.78, 5) is 25.4. The zero-order chi connectivity index (χ0) is 15.2. The Morgan fingerprint density at radius 3 is 2.39 bits per heavy atom. The molecular weight excluding hydrogens is 352 g/mol. The molecule has 0 fully saturated rings. The first-order chi connectivity index (χ1) is 10.1. The van der Waals surface area contributed by atoms with Crippen LogP contribution < -0.4 is 118 Å². The van der Waals surface area contributed by atoms with Crippen molar-refractivity contribution in [1.82, 2.24) is 4.98 Å². The number of hydrogen-bond acceptors (Lipinski definition) is 7. The predicted octanol–water partition coefficient (Wildman–Crippen LogP) is -6.71. The molecule has 0 aliphatic rings. The smallest absolute Gasteiger partial charge is 0.550 e. The largest absolute Gasteiger partial charge is 1.00 e. The van der Waals surface area contributed by atoms with Gasteiger partial charge in [0, 0.05) is 11.4 Å². The summed E-state index contributed by atoms with van der Waals surface area (Å²) in [5, 5.41) is 25.7. The summed E-state index contributed by atoms with van der Waals surface area (Å²) < 4.78 is 0. The summed E-state index contributed by atoms with van der Waals surface area (Å²) in [6, 6.07) is 10.8. The summed E-state index contributed by atoms with van der Waals surface area (Å²) in [7, 11) is 0. The first-order valence-electron chi connectivity index (χ1n) is 6.16. The maximum atomic E-state index is 10.8. The van der Waals surface area contributed by atoms with Gasteiger partial charge in [0.1, 0.15) is 5.82 Å². The number of anilines is 1. The number of carbonyl (C=O) groups excluding carboxylic acids is 2. The molecule has 2 rings (SSSR count). The second-order valence-corrected chi connectivity index (χ2v) is 4.22. The number of hydrazone groups is 1. The molecule has 0 atom stereocenters. The normalized spacial score (nSPS) is 10.3. The van der Waals surface area contributed by atoms with Crippen LogP contribution in [0.15, 0.2) is 41.5 Å². The van der Waals surface area contributed by atoms with Gasteiger partial charge in [-0.15, -0.1) is 0 Å². The van der Waals surface area contributed by atoms with E-state index in [9.17, 15) is 19.8 Å². The molecule has 7 nitrogen and oxygen atoms in total. The van der Waals surface area contributed by atoms with Crippen LogP contribution >= 0.6 is 0 Å². The first kappa shape index (κ1) is 23.3. The third-order valence-electron chi connectivity index (χ3n) is 2.71. The number of nitrogens with one attached hydrogen (secondary N) is 1. The number of fused-ring (bicyclic) bond motifs is 1. The molecular formula is C14H11K2N3O4. The minimum absolute atomic E-state index is 0. The van der Waals surface area contributed by atoms with Gasteiger partial charge < -0.3 is 19.8 Å². The van der Waals surface area contributed by atoms with E-state index >= 15 is 0 Å². The van der Waals surface area contributed by atoms with Crippen molar-refractivity contribution in [2.24, 2.45) is 5.10 Å². The zero-order valence-corrected chi connectivity index (χ0v) is 19.2. The van der Waals surface area contributed by atoms with E-state index in [1.165, 1.54) is 0 Å². The Hall–Kier alpha value is 0.313. The fourth-order valence-corrected chi connectivity index (χ4v) is 1.68. The van der Waals surface area contributed by atoms with Crippen LogP contribution in [0, 0.1) is 0 Å². The third kappa shape index (κ3) is 7.82. The Labute approximate surface area is 217 Å². The van der Waals surface area contributed by atoms with Gasteiger partial charge in [0.15, 0.2) is 0 Å². The molecule has 2 aromatic rings. The molecule has 1 N–H and O–H groups in total. The minimum Gasteiger partial charge on any atom is -0.550 e. The number of aromatic nitrogens is 1.